The predicted octanol–water partition coefficient (Wildman–Crippen LogP) is 1.79. The van der Waals surface area contributed by atoms with E-state index in [2.05, 4.69) is 15.6 Å². The van der Waals surface area contributed by atoms with Crippen LogP contribution in [0.2, 0.25) is 0 Å². The SMILES string of the molecule is Cc1cc(NC(=O)C2CCN(c3c([N+](=O)[O-])c(C)nn3C)CC2)no1. The summed E-state index contributed by atoms with van der Waals surface area (Å²) in [4.78, 5) is 25.2. The van der Waals surface area contributed by atoms with Gasteiger partial charge < -0.3 is 14.7 Å². The normalized spacial score (nSPS) is 15.4. The maximum absolute atomic E-state index is 12.3. The first-order valence-electron chi connectivity index (χ1n) is 8.04. The Morgan fingerprint density at radius 3 is 2.64 bits per heavy atom. The number of nitrogens with zero attached hydrogens (tertiary/aromatic N) is 5. The number of aromatic nitrogens is 3. The molecule has 3 heterocycles. The molecule has 1 aliphatic rings. The van der Waals surface area contributed by atoms with Gasteiger partial charge in [-0.15, -0.1) is 0 Å². The number of rotatable bonds is 4. The number of nitrogens with one attached hydrogen (secondary N) is 1. The van der Waals surface area contributed by atoms with Gasteiger partial charge in [0.1, 0.15) is 11.5 Å². The third kappa shape index (κ3) is 3.32. The summed E-state index contributed by atoms with van der Waals surface area (Å²) in [6, 6.07) is 1.66. The van der Waals surface area contributed by atoms with Crippen molar-refractivity contribution in [2.24, 2.45) is 13.0 Å². The highest BCUT2D eigenvalue weighted by atomic mass is 16.6. The highest BCUT2D eigenvalue weighted by Gasteiger charge is 2.32. The Kier molecular flexibility index (Phi) is 4.43. The maximum atomic E-state index is 12.3. The zero-order valence-electron chi connectivity index (χ0n) is 14.4. The van der Waals surface area contributed by atoms with Crippen molar-refractivity contribution >= 4 is 23.2 Å². The summed E-state index contributed by atoms with van der Waals surface area (Å²) in [7, 11) is 1.70. The maximum Gasteiger partial charge on any atom is 0.333 e. The zero-order chi connectivity index (χ0) is 18.1. The van der Waals surface area contributed by atoms with E-state index < -0.39 is 4.92 Å². The van der Waals surface area contributed by atoms with Gasteiger partial charge in [0.2, 0.25) is 11.7 Å². The summed E-state index contributed by atoms with van der Waals surface area (Å²) in [6.45, 7) is 4.48. The van der Waals surface area contributed by atoms with Gasteiger partial charge in [0, 0.05) is 32.1 Å². The molecule has 0 saturated carbocycles. The molecule has 10 heteroatoms. The number of carbonyl (C=O) groups excluding carboxylic acids is 1. The van der Waals surface area contributed by atoms with Crippen molar-refractivity contribution in [3.63, 3.8) is 0 Å². The van der Waals surface area contributed by atoms with Crippen molar-refractivity contribution in [1.29, 1.82) is 0 Å². The van der Waals surface area contributed by atoms with Crippen molar-refractivity contribution in [1.82, 2.24) is 14.9 Å². The Balaban J connectivity index is 1.66. The summed E-state index contributed by atoms with van der Waals surface area (Å²) >= 11 is 0. The van der Waals surface area contributed by atoms with Gasteiger partial charge in [-0.05, 0) is 26.7 Å². The summed E-state index contributed by atoms with van der Waals surface area (Å²) in [5.41, 5.74) is 0.423. The molecule has 3 rings (SSSR count). The summed E-state index contributed by atoms with van der Waals surface area (Å²) in [6.07, 6.45) is 1.20. The number of carbonyl (C=O) groups is 1. The van der Waals surface area contributed by atoms with E-state index in [1.165, 1.54) is 4.68 Å². The number of aryl methyl sites for hydroxylation is 3. The molecule has 0 atom stereocenters. The number of hydrogen-bond acceptors (Lipinski definition) is 7. The molecule has 25 heavy (non-hydrogen) atoms. The Labute approximate surface area is 143 Å². The first-order chi connectivity index (χ1) is 11.9. The third-order valence-electron chi connectivity index (χ3n) is 4.39. The molecule has 134 valence electrons. The summed E-state index contributed by atoms with van der Waals surface area (Å²) in [5, 5.41) is 22.0. The quantitative estimate of drug-likeness (QED) is 0.660. The van der Waals surface area contributed by atoms with Crippen LogP contribution in [0.4, 0.5) is 17.3 Å². The average molecular weight is 348 g/mol. The summed E-state index contributed by atoms with van der Waals surface area (Å²) < 4.78 is 6.47. The molecule has 0 aromatic carbocycles. The van der Waals surface area contributed by atoms with Crippen LogP contribution in [0.1, 0.15) is 24.3 Å². The van der Waals surface area contributed by atoms with Gasteiger partial charge in [-0.25, -0.2) is 4.68 Å². The third-order valence-corrected chi connectivity index (χ3v) is 4.39. The van der Waals surface area contributed by atoms with E-state index in [0.717, 1.165) is 0 Å². The van der Waals surface area contributed by atoms with Crippen LogP contribution in [-0.2, 0) is 11.8 Å². The van der Waals surface area contributed by atoms with E-state index in [-0.39, 0.29) is 17.5 Å². The molecule has 10 nitrogen and oxygen atoms in total. The van der Waals surface area contributed by atoms with Crippen LogP contribution in [0.5, 0.6) is 0 Å². The Morgan fingerprint density at radius 2 is 2.08 bits per heavy atom. The Hall–Kier alpha value is -2.91. The van der Waals surface area contributed by atoms with Gasteiger partial charge in [-0.2, -0.15) is 5.10 Å². The van der Waals surface area contributed by atoms with E-state index >= 15 is 0 Å². The molecule has 0 aliphatic carbocycles. The molecular weight excluding hydrogens is 328 g/mol. The standard InChI is InChI=1S/C15H20N6O4/c1-9-8-12(18-25-9)16-14(22)11-4-6-20(7-5-11)15-13(21(23)24)10(2)17-19(15)3/h8,11H,4-7H2,1-3H3,(H,16,18,22). The lowest BCUT2D eigenvalue weighted by atomic mass is 9.96. The lowest BCUT2D eigenvalue weighted by Gasteiger charge is -2.31. The smallest absolute Gasteiger partial charge is 0.333 e. The fraction of sp³-hybridized carbons (Fsp3) is 0.533. The summed E-state index contributed by atoms with van der Waals surface area (Å²) in [5.74, 6) is 1.26. The lowest BCUT2D eigenvalue weighted by molar-refractivity contribution is -0.384. The molecular formula is C15H20N6O4. The van der Waals surface area contributed by atoms with Gasteiger partial charge in [0.25, 0.3) is 0 Å². The largest absolute Gasteiger partial charge is 0.360 e. The molecule has 1 saturated heterocycles. The van der Waals surface area contributed by atoms with Crippen LogP contribution in [-0.4, -0.2) is 38.9 Å². The van der Waals surface area contributed by atoms with Crippen LogP contribution in [0.25, 0.3) is 0 Å². The van der Waals surface area contributed by atoms with Crippen LogP contribution < -0.4 is 10.2 Å². The molecule has 2 aromatic heterocycles. The van der Waals surface area contributed by atoms with E-state index in [4.69, 9.17) is 4.52 Å². The average Bonchev–Trinajstić information content (AvgIpc) is 3.09. The number of nitro groups is 1. The van der Waals surface area contributed by atoms with E-state index in [1.807, 2.05) is 4.90 Å². The second kappa shape index (κ2) is 6.54. The van der Waals surface area contributed by atoms with E-state index in [0.29, 0.717) is 49.0 Å². The Bertz CT molecular complexity index is 803. The fourth-order valence-electron chi connectivity index (χ4n) is 3.21. The topological polar surface area (TPSA) is 119 Å². The van der Waals surface area contributed by atoms with Gasteiger partial charge >= 0.3 is 5.69 Å². The number of piperidine rings is 1. The molecule has 0 unspecified atom stereocenters. The van der Waals surface area contributed by atoms with E-state index in [1.54, 1.807) is 27.0 Å². The molecule has 1 fully saturated rings. The first kappa shape index (κ1) is 16.9. The molecule has 1 aliphatic heterocycles. The highest BCUT2D eigenvalue weighted by Crippen LogP contribution is 2.33. The van der Waals surface area contributed by atoms with Crippen molar-refractivity contribution in [2.45, 2.75) is 26.7 Å². The van der Waals surface area contributed by atoms with E-state index in [9.17, 15) is 14.9 Å². The van der Waals surface area contributed by atoms with Crippen LogP contribution in [0.3, 0.4) is 0 Å². The van der Waals surface area contributed by atoms with Crippen molar-refractivity contribution in [2.75, 3.05) is 23.3 Å². The molecule has 1 amide bonds. The monoisotopic (exact) mass is 348 g/mol. The molecule has 2 aromatic rings. The van der Waals surface area contributed by atoms with Crippen molar-refractivity contribution in [3.05, 3.63) is 27.6 Å². The van der Waals surface area contributed by atoms with Crippen molar-refractivity contribution in [3.8, 4) is 0 Å². The second-order valence-corrected chi connectivity index (χ2v) is 6.21. The number of amides is 1. The van der Waals surface area contributed by atoms with Gasteiger partial charge in [-0.1, -0.05) is 5.16 Å². The Morgan fingerprint density at radius 1 is 1.40 bits per heavy atom. The van der Waals surface area contributed by atoms with Crippen LogP contribution >= 0.6 is 0 Å². The molecule has 0 spiro atoms. The molecule has 0 bridgehead atoms. The number of anilines is 2. The predicted molar refractivity (Wildman–Crippen MR) is 89.4 cm³/mol. The van der Waals surface area contributed by atoms with Gasteiger partial charge in [-0.3, -0.25) is 14.9 Å². The van der Waals surface area contributed by atoms with Gasteiger partial charge in [0.15, 0.2) is 5.82 Å². The second-order valence-electron chi connectivity index (χ2n) is 6.21. The minimum absolute atomic E-state index is 0.0310. The zero-order valence-corrected chi connectivity index (χ0v) is 14.4. The fourth-order valence-corrected chi connectivity index (χ4v) is 3.21. The highest BCUT2D eigenvalue weighted by molar-refractivity contribution is 5.91. The van der Waals surface area contributed by atoms with Crippen molar-refractivity contribution < 1.29 is 14.2 Å². The minimum Gasteiger partial charge on any atom is -0.360 e. The molecule has 0 radical (unpaired) electrons. The minimum atomic E-state index is -0.399. The van der Waals surface area contributed by atoms with Crippen LogP contribution in [0.15, 0.2) is 10.6 Å². The first-order valence-corrected chi connectivity index (χ1v) is 8.04. The van der Waals surface area contributed by atoms with Gasteiger partial charge in [0.05, 0.1) is 4.92 Å². The van der Waals surface area contributed by atoms with Crippen LogP contribution in [0, 0.1) is 29.9 Å². The lowest BCUT2D eigenvalue weighted by Crippen LogP contribution is -2.39. The molecule has 1 N–H and O–H groups in total. The number of hydrogen-bond donors (Lipinski definition) is 1.